The zero-order chi connectivity index (χ0) is 14.0. The van der Waals surface area contributed by atoms with Crippen LogP contribution in [0.3, 0.4) is 0 Å². The highest BCUT2D eigenvalue weighted by molar-refractivity contribution is 5.67. The molecule has 1 aromatic carbocycles. The summed E-state index contributed by atoms with van der Waals surface area (Å²) in [6.45, 7) is 6.74. The number of nitrogens with two attached hydrogens (primary N) is 1. The predicted octanol–water partition coefficient (Wildman–Crippen LogP) is 2.91. The highest BCUT2D eigenvalue weighted by atomic mass is 16.5. The van der Waals surface area contributed by atoms with Crippen LogP contribution in [-0.4, -0.2) is 16.9 Å². The van der Waals surface area contributed by atoms with Gasteiger partial charge >= 0.3 is 0 Å². The van der Waals surface area contributed by atoms with E-state index < -0.39 is 0 Å². The minimum Gasteiger partial charge on any atom is -0.496 e. The Morgan fingerprint density at radius 1 is 1.37 bits per heavy atom. The van der Waals surface area contributed by atoms with Crippen molar-refractivity contribution in [2.45, 2.75) is 33.4 Å². The first-order chi connectivity index (χ1) is 9.06. The van der Waals surface area contributed by atoms with Crippen LogP contribution in [0.1, 0.15) is 31.1 Å². The summed E-state index contributed by atoms with van der Waals surface area (Å²) in [6, 6.07) is 6.45. The number of aryl methyl sites for hydroxylation is 1. The van der Waals surface area contributed by atoms with Crippen molar-refractivity contribution in [3.8, 4) is 16.9 Å². The lowest BCUT2D eigenvalue weighted by molar-refractivity contribution is 0.410. The lowest BCUT2D eigenvalue weighted by Gasteiger charge is -2.08. The Bertz CT molecular complexity index is 573. The molecule has 0 aliphatic heterocycles. The second-order valence-corrected chi connectivity index (χ2v) is 4.93. The lowest BCUT2D eigenvalue weighted by atomic mass is 10.0. The van der Waals surface area contributed by atoms with Gasteiger partial charge in [0, 0.05) is 29.9 Å². The molecule has 0 atom stereocenters. The van der Waals surface area contributed by atoms with Crippen molar-refractivity contribution in [1.29, 1.82) is 0 Å². The number of hydrogen-bond acceptors (Lipinski definition) is 3. The van der Waals surface area contributed by atoms with Gasteiger partial charge in [-0.1, -0.05) is 6.07 Å². The fourth-order valence-corrected chi connectivity index (χ4v) is 2.14. The van der Waals surface area contributed by atoms with E-state index in [1.807, 2.05) is 23.7 Å². The van der Waals surface area contributed by atoms with Crippen molar-refractivity contribution in [2.75, 3.05) is 7.11 Å². The van der Waals surface area contributed by atoms with Gasteiger partial charge < -0.3 is 10.5 Å². The molecule has 0 saturated carbocycles. The second-order valence-electron chi connectivity index (χ2n) is 4.93. The largest absolute Gasteiger partial charge is 0.496 e. The molecular weight excluding hydrogens is 238 g/mol. The molecule has 2 rings (SSSR count). The van der Waals surface area contributed by atoms with Crippen LogP contribution in [0, 0.1) is 6.92 Å². The Balaban J connectivity index is 2.47. The van der Waals surface area contributed by atoms with Gasteiger partial charge in [0.1, 0.15) is 5.75 Å². The maximum Gasteiger partial charge on any atom is 0.123 e. The lowest BCUT2D eigenvalue weighted by Crippen LogP contribution is -2.00. The van der Waals surface area contributed by atoms with E-state index in [1.54, 1.807) is 7.11 Å². The van der Waals surface area contributed by atoms with Crippen molar-refractivity contribution in [3.63, 3.8) is 0 Å². The molecule has 2 N–H and O–H groups in total. The number of nitrogens with zero attached hydrogens (tertiary/aromatic N) is 2. The number of benzene rings is 1. The Morgan fingerprint density at radius 2 is 2.11 bits per heavy atom. The first kappa shape index (κ1) is 13.6. The normalized spacial score (nSPS) is 11.1. The maximum absolute atomic E-state index is 5.76. The molecule has 0 unspecified atom stereocenters. The van der Waals surface area contributed by atoms with Gasteiger partial charge in [-0.3, -0.25) is 4.68 Å². The minimum atomic E-state index is 0.361. The molecule has 0 bridgehead atoms. The molecule has 4 nitrogen and oxygen atoms in total. The summed E-state index contributed by atoms with van der Waals surface area (Å²) in [7, 11) is 1.66. The Morgan fingerprint density at radius 3 is 2.63 bits per heavy atom. The SMILES string of the molecule is COc1ccc(-c2cn(C(C)C)nc2C)cc1CN. The standard InChI is InChI=1S/C15H21N3O/c1-10(2)18-9-14(11(3)17-18)12-5-6-15(19-4)13(7-12)8-16/h5-7,9-10H,8,16H2,1-4H3. The van der Waals surface area contributed by atoms with E-state index in [2.05, 4.69) is 31.2 Å². The van der Waals surface area contributed by atoms with E-state index in [-0.39, 0.29) is 0 Å². The molecule has 0 aliphatic carbocycles. The quantitative estimate of drug-likeness (QED) is 0.918. The van der Waals surface area contributed by atoms with E-state index >= 15 is 0 Å². The summed E-state index contributed by atoms with van der Waals surface area (Å²) in [4.78, 5) is 0. The molecule has 0 aliphatic rings. The molecule has 19 heavy (non-hydrogen) atoms. The van der Waals surface area contributed by atoms with Gasteiger partial charge in [0.2, 0.25) is 0 Å². The third-order valence-corrected chi connectivity index (χ3v) is 3.26. The number of aromatic nitrogens is 2. The highest BCUT2D eigenvalue weighted by Gasteiger charge is 2.11. The minimum absolute atomic E-state index is 0.361. The van der Waals surface area contributed by atoms with Gasteiger partial charge in [0.15, 0.2) is 0 Å². The molecular formula is C15H21N3O. The zero-order valence-electron chi connectivity index (χ0n) is 12.0. The first-order valence-corrected chi connectivity index (χ1v) is 6.50. The van der Waals surface area contributed by atoms with Gasteiger partial charge in [-0.05, 0) is 38.5 Å². The summed E-state index contributed by atoms with van der Waals surface area (Å²) in [5.74, 6) is 0.833. The van der Waals surface area contributed by atoms with E-state index in [0.29, 0.717) is 12.6 Å². The molecule has 102 valence electrons. The van der Waals surface area contributed by atoms with Crippen LogP contribution in [0.25, 0.3) is 11.1 Å². The van der Waals surface area contributed by atoms with Crippen LogP contribution in [0.5, 0.6) is 5.75 Å². The fourth-order valence-electron chi connectivity index (χ4n) is 2.14. The van der Waals surface area contributed by atoms with E-state index in [1.165, 1.54) is 0 Å². The van der Waals surface area contributed by atoms with E-state index in [0.717, 1.165) is 28.1 Å². The summed E-state index contributed by atoms with van der Waals surface area (Å²) >= 11 is 0. The second kappa shape index (κ2) is 5.45. The van der Waals surface area contributed by atoms with Crippen molar-refractivity contribution < 1.29 is 4.74 Å². The number of ether oxygens (including phenoxy) is 1. The number of rotatable bonds is 4. The predicted molar refractivity (Wildman–Crippen MR) is 77.2 cm³/mol. The average molecular weight is 259 g/mol. The van der Waals surface area contributed by atoms with Crippen LogP contribution < -0.4 is 10.5 Å². The number of hydrogen-bond donors (Lipinski definition) is 1. The van der Waals surface area contributed by atoms with Crippen molar-refractivity contribution in [3.05, 3.63) is 35.7 Å². The summed E-state index contributed by atoms with van der Waals surface area (Å²) in [6.07, 6.45) is 2.09. The van der Waals surface area contributed by atoms with Crippen molar-refractivity contribution in [2.24, 2.45) is 5.73 Å². The van der Waals surface area contributed by atoms with Gasteiger partial charge in [0.05, 0.1) is 12.8 Å². The molecule has 0 spiro atoms. The summed E-state index contributed by atoms with van der Waals surface area (Å²) < 4.78 is 7.28. The van der Waals surface area contributed by atoms with Gasteiger partial charge in [0.25, 0.3) is 0 Å². The van der Waals surface area contributed by atoms with Gasteiger partial charge in [-0.2, -0.15) is 5.10 Å². The van der Waals surface area contributed by atoms with Gasteiger partial charge in [-0.25, -0.2) is 0 Å². The molecule has 4 heteroatoms. The highest BCUT2D eigenvalue weighted by Crippen LogP contribution is 2.28. The van der Waals surface area contributed by atoms with E-state index in [4.69, 9.17) is 10.5 Å². The Hall–Kier alpha value is -1.81. The Labute approximate surface area is 114 Å². The molecule has 0 fully saturated rings. The maximum atomic E-state index is 5.76. The molecule has 0 amide bonds. The third-order valence-electron chi connectivity index (χ3n) is 3.26. The van der Waals surface area contributed by atoms with Crippen LogP contribution in [0.2, 0.25) is 0 Å². The summed E-state index contributed by atoms with van der Waals surface area (Å²) in [5, 5.41) is 4.54. The van der Waals surface area contributed by atoms with E-state index in [9.17, 15) is 0 Å². The Kier molecular flexibility index (Phi) is 3.90. The van der Waals surface area contributed by atoms with Crippen LogP contribution >= 0.6 is 0 Å². The first-order valence-electron chi connectivity index (χ1n) is 6.50. The fraction of sp³-hybridized carbons (Fsp3) is 0.400. The van der Waals surface area contributed by atoms with Crippen molar-refractivity contribution in [1.82, 2.24) is 9.78 Å². The van der Waals surface area contributed by atoms with Crippen LogP contribution in [0.4, 0.5) is 0 Å². The number of methoxy groups -OCH3 is 1. The smallest absolute Gasteiger partial charge is 0.123 e. The van der Waals surface area contributed by atoms with Crippen LogP contribution in [0.15, 0.2) is 24.4 Å². The molecule has 0 saturated heterocycles. The average Bonchev–Trinajstić information content (AvgIpc) is 2.80. The monoisotopic (exact) mass is 259 g/mol. The molecule has 0 radical (unpaired) electrons. The molecule has 2 aromatic rings. The summed E-state index contributed by atoms with van der Waals surface area (Å²) in [5.41, 5.74) is 10.1. The third kappa shape index (κ3) is 2.63. The zero-order valence-corrected chi connectivity index (χ0v) is 12.0. The topological polar surface area (TPSA) is 53.1 Å². The molecule has 1 aromatic heterocycles. The van der Waals surface area contributed by atoms with Gasteiger partial charge in [-0.15, -0.1) is 0 Å². The van der Waals surface area contributed by atoms with Crippen LogP contribution in [-0.2, 0) is 6.54 Å². The molecule has 1 heterocycles. The van der Waals surface area contributed by atoms with Crippen molar-refractivity contribution >= 4 is 0 Å².